The van der Waals surface area contributed by atoms with Gasteiger partial charge in [0.05, 0.1) is 7.11 Å². The lowest BCUT2D eigenvalue weighted by molar-refractivity contribution is -0.142. The largest absolute Gasteiger partial charge is 0.482 e. The molecule has 0 radical (unpaired) electrons. The highest BCUT2D eigenvalue weighted by molar-refractivity contribution is 7.89. The Balaban J connectivity index is 2.08. The SMILES string of the molecule is CNS(=O)(=O)c1ccc(C(=O)Nc2ccc(OCC(=O)OC)cc2C)o1. The van der Waals surface area contributed by atoms with Crippen LogP contribution in [-0.2, 0) is 19.6 Å². The van der Waals surface area contributed by atoms with Gasteiger partial charge in [0.15, 0.2) is 12.4 Å². The number of methoxy groups -OCH3 is 1. The van der Waals surface area contributed by atoms with E-state index in [0.717, 1.165) is 0 Å². The third kappa shape index (κ3) is 4.61. The maximum Gasteiger partial charge on any atom is 0.343 e. The summed E-state index contributed by atoms with van der Waals surface area (Å²) in [5.41, 5.74) is 1.16. The van der Waals surface area contributed by atoms with Crippen molar-refractivity contribution in [2.75, 3.05) is 26.1 Å². The molecule has 0 unspecified atom stereocenters. The van der Waals surface area contributed by atoms with Gasteiger partial charge in [-0.15, -0.1) is 0 Å². The van der Waals surface area contributed by atoms with Crippen LogP contribution < -0.4 is 14.8 Å². The van der Waals surface area contributed by atoms with Gasteiger partial charge in [0.25, 0.3) is 15.9 Å². The Bertz CT molecular complexity index is 918. The monoisotopic (exact) mass is 382 g/mol. The van der Waals surface area contributed by atoms with Gasteiger partial charge in [-0.05, 0) is 49.9 Å². The minimum absolute atomic E-state index is 0.149. The smallest absolute Gasteiger partial charge is 0.343 e. The van der Waals surface area contributed by atoms with Crippen molar-refractivity contribution in [1.82, 2.24) is 4.72 Å². The summed E-state index contributed by atoms with van der Waals surface area (Å²) in [5.74, 6) is -0.824. The molecule has 0 spiro atoms. The van der Waals surface area contributed by atoms with Gasteiger partial charge in [0.2, 0.25) is 5.09 Å². The van der Waals surface area contributed by atoms with E-state index in [1.54, 1.807) is 25.1 Å². The molecule has 0 fully saturated rings. The van der Waals surface area contributed by atoms with E-state index in [-0.39, 0.29) is 17.5 Å². The van der Waals surface area contributed by atoms with Crippen molar-refractivity contribution in [3.63, 3.8) is 0 Å². The number of rotatable bonds is 7. The van der Waals surface area contributed by atoms with Gasteiger partial charge in [-0.25, -0.2) is 17.9 Å². The number of carbonyl (C=O) groups is 2. The van der Waals surface area contributed by atoms with E-state index in [2.05, 4.69) is 14.8 Å². The molecule has 1 amide bonds. The van der Waals surface area contributed by atoms with Crippen molar-refractivity contribution in [2.24, 2.45) is 0 Å². The summed E-state index contributed by atoms with van der Waals surface area (Å²) in [6, 6.07) is 7.26. The fourth-order valence-electron chi connectivity index (χ4n) is 1.94. The average molecular weight is 382 g/mol. The van der Waals surface area contributed by atoms with Crippen LogP contribution in [0.25, 0.3) is 0 Å². The second-order valence-corrected chi connectivity index (χ2v) is 6.94. The topological polar surface area (TPSA) is 124 Å². The number of sulfonamides is 1. The van der Waals surface area contributed by atoms with E-state index >= 15 is 0 Å². The van der Waals surface area contributed by atoms with Gasteiger partial charge in [-0.2, -0.15) is 0 Å². The minimum atomic E-state index is -3.76. The number of amides is 1. The van der Waals surface area contributed by atoms with E-state index in [1.807, 2.05) is 0 Å². The van der Waals surface area contributed by atoms with Crippen molar-refractivity contribution in [1.29, 1.82) is 0 Å². The number of hydrogen-bond donors (Lipinski definition) is 2. The Hall–Kier alpha value is -2.85. The maximum atomic E-state index is 12.2. The molecule has 10 heteroatoms. The van der Waals surface area contributed by atoms with Crippen LogP contribution in [0.1, 0.15) is 16.1 Å². The minimum Gasteiger partial charge on any atom is -0.482 e. The Morgan fingerprint density at radius 2 is 1.92 bits per heavy atom. The predicted molar refractivity (Wildman–Crippen MR) is 91.6 cm³/mol. The molecular weight excluding hydrogens is 364 g/mol. The molecule has 0 saturated heterocycles. The fourth-order valence-corrected chi connectivity index (χ4v) is 2.59. The Kier molecular flexibility index (Phi) is 6.01. The lowest BCUT2D eigenvalue weighted by Gasteiger charge is -2.10. The lowest BCUT2D eigenvalue weighted by Crippen LogP contribution is -2.18. The predicted octanol–water partition coefficient (Wildman–Crippen LogP) is 1.30. The first-order valence-corrected chi connectivity index (χ1v) is 8.90. The average Bonchev–Trinajstić information content (AvgIpc) is 3.12. The molecule has 1 aromatic carbocycles. The van der Waals surface area contributed by atoms with Crippen LogP contribution in [0, 0.1) is 6.92 Å². The van der Waals surface area contributed by atoms with Crippen molar-refractivity contribution in [3.8, 4) is 5.75 Å². The summed E-state index contributed by atoms with van der Waals surface area (Å²) in [4.78, 5) is 23.3. The third-order valence-electron chi connectivity index (χ3n) is 3.37. The standard InChI is InChI=1S/C16H18N2O7S/c1-10-8-11(24-9-14(19)23-3)4-5-12(10)18-16(20)13-6-7-15(25-13)26(21,22)17-2/h4-8,17H,9H2,1-3H3,(H,18,20). The number of aryl methyl sites for hydroxylation is 1. The first-order valence-electron chi connectivity index (χ1n) is 7.42. The molecule has 0 atom stereocenters. The molecule has 0 aliphatic carbocycles. The summed E-state index contributed by atoms with van der Waals surface area (Å²) in [6.45, 7) is 1.51. The van der Waals surface area contributed by atoms with Gasteiger partial charge < -0.3 is 19.2 Å². The van der Waals surface area contributed by atoms with Crippen LogP contribution in [0.15, 0.2) is 39.8 Å². The molecule has 9 nitrogen and oxygen atoms in total. The second-order valence-electron chi connectivity index (χ2n) is 5.12. The summed E-state index contributed by atoms with van der Waals surface area (Å²) in [7, 11) is -1.26. The van der Waals surface area contributed by atoms with Crippen molar-refractivity contribution < 1.29 is 31.9 Å². The van der Waals surface area contributed by atoms with Crippen LogP contribution in [-0.4, -0.2) is 41.1 Å². The van der Waals surface area contributed by atoms with Crippen LogP contribution in [0.5, 0.6) is 5.75 Å². The van der Waals surface area contributed by atoms with E-state index < -0.39 is 21.9 Å². The van der Waals surface area contributed by atoms with Crippen molar-refractivity contribution in [2.45, 2.75) is 12.0 Å². The van der Waals surface area contributed by atoms with Gasteiger partial charge in [0.1, 0.15) is 5.75 Å². The first kappa shape index (κ1) is 19.5. The molecular formula is C16H18N2O7S. The Morgan fingerprint density at radius 1 is 1.19 bits per heavy atom. The number of furan rings is 1. The number of hydrogen-bond acceptors (Lipinski definition) is 7. The second kappa shape index (κ2) is 8.02. The summed E-state index contributed by atoms with van der Waals surface area (Å²) in [6.07, 6.45) is 0. The number of anilines is 1. The fraction of sp³-hybridized carbons (Fsp3) is 0.250. The molecule has 140 valence electrons. The first-order chi connectivity index (χ1) is 12.3. The zero-order valence-corrected chi connectivity index (χ0v) is 15.2. The number of carbonyl (C=O) groups excluding carboxylic acids is 2. The van der Waals surface area contributed by atoms with Crippen molar-refractivity contribution in [3.05, 3.63) is 41.7 Å². The number of benzene rings is 1. The molecule has 26 heavy (non-hydrogen) atoms. The van der Waals surface area contributed by atoms with E-state index in [1.165, 1.54) is 26.3 Å². The van der Waals surface area contributed by atoms with Gasteiger partial charge in [-0.1, -0.05) is 0 Å². The van der Waals surface area contributed by atoms with Crippen LogP contribution >= 0.6 is 0 Å². The van der Waals surface area contributed by atoms with Gasteiger partial charge in [0, 0.05) is 5.69 Å². The number of esters is 1. The Morgan fingerprint density at radius 3 is 2.54 bits per heavy atom. The normalized spacial score (nSPS) is 11.0. The molecule has 0 bridgehead atoms. The zero-order valence-electron chi connectivity index (χ0n) is 14.4. The zero-order chi connectivity index (χ0) is 19.3. The molecule has 2 aromatic rings. The van der Waals surface area contributed by atoms with Gasteiger partial charge >= 0.3 is 5.97 Å². The molecule has 0 aliphatic rings. The molecule has 1 heterocycles. The summed E-state index contributed by atoms with van der Waals surface area (Å²) >= 11 is 0. The highest BCUT2D eigenvalue weighted by Gasteiger charge is 2.20. The van der Waals surface area contributed by atoms with Crippen LogP contribution in [0.3, 0.4) is 0 Å². The van der Waals surface area contributed by atoms with Gasteiger partial charge in [-0.3, -0.25) is 4.79 Å². The molecule has 2 rings (SSSR count). The molecule has 2 N–H and O–H groups in total. The quantitative estimate of drug-likeness (QED) is 0.692. The highest BCUT2D eigenvalue weighted by Crippen LogP contribution is 2.23. The summed E-state index contributed by atoms with van der Waals surface area (Å²) in [5, 5.41) is 2.26. The van der Waals surface area contributed by atoms with E-state index in [9.17, 15) is 18.0 Å². The van der Waals surface area contributed by atoms with Crippen LogP contribution in [0.4, 0.5) is 5.69 Å². The number of ether oxygens (including phenoxy) is 2. The van der Waals surface area contributed by atoms with Crippen molar-refractivity contribution >= 4 is 27.6 Å². The third-order valence-corrected chi connectivity index (χ3v) is 4.66. The molecule has 0 aliphatic heterocycles. The number of nitrogens with one attached hydrogen (secondary N) is 2. The lowest BCUT2D eigenvalue weighted by atomic mass is 10.2. The van der Waals surface area contributed by atoms with E-state index in [4.69, 9.17) is 9.15 Å². The molecule has 0 saturated carbocycles. The maximum absolute atomic E-state index is 12.2. The Labute approximate surface area is 150 Å². The summed E-state index contributed by atoms with van der Waals surface area (Å²) < 4.78 is 40.2. The highest BCUT2D eigenvalue weighted by atomic mass is 32.2. The van der Waals surface area contributed by atoms with Crippen LogP contribution in [0.2, 0.25) is 0 Å². The van der Waals surface area contributed by atoms with E-state index in [0.29, 0.717) is 17.0 Å². The molecule has 1 aromatic heterocycles.